The van der Waals surface area contributed by atoms with Crippen LogP contribution in [0.2, 0.25) is 0 Å². The van der Waals surface area contributed by atoms with Crippen LogP contribution in [-0.2, 0) is 23.9 Å². The summed E-state index contributed by atoms with van der Waals surface area (Å²) in [5.74, 6) is -0.127. The van der Waals surface area contributed by atoms with Crippen molar-refractivity contribution >= 4 is 23.5 Å². The monoisotopic (exact) mass is 767 g/mol. The van der Waals surface area contributed by atoms with Crippen LogP contribution < -0.4 is 0 Å². The van der Waals surface area contributed by atoms with E-state index >= 15 is 4.79 Å². The Hall–Kier alpha value is -2.50. The Morgan fingerprint density at radius 3 is 2.23 bits per heavy atom. The van der Waals surface area contributed by atoms with Crippen LogP contribution in [0, 0.1) is 78.8 Å². The molecule has 1 heterocycles. The lowest BCUT2D eigenvalue weighted by Gasteiger charge is -2.71. The van der Waals surface area contributed by atoms with E-state index in [2.05, 4.69) is 62.3 Å². The maximum Gasteiger partial charge on any atom is 0.313 e. The van der Waals surface area contributed by atoms with Gasteiger partial charge in [-0.05, 0) is 156 Å². The molecule has 56 heavy (non-hydrogen) atoms. The van der Waals surface area contributed by atoms with E-state index in [9.17, 15) is 19.5 Å². The minimum Gasteiger partial charge on any atom is -0.481 e. The van der Waals surface area contributed by atoms with Crippen LogP contribution >= 0.6 is 0 Å². The standard InChI is InChI=1S/C50H70O6/c1-27(2)38-30-26-36-45(8)19-12-20-46(9,41(53)54)35(45)17-24-50(36)40(38)56-42(55)48(50,11)39(30)33(51)25-29(4)47(10)22-15-28(3)49(47)23-16-31-32(49)13-14-34-43(5,6)37(52)18-21-44(31,34)7/h29-30,34-36,39-40H,3,12-26H2,1-2,4-11H3,(H,53,54)/t29-,30+,34+,35-,36-,39-,40?,44-,45+,46-,47+,48+,49+,50-/m1/s1. The van der Waals surface area contributed by atoms with Gasteiger partial charge < -0.3 is 9.84 Å². The number of ketones is 2. The molecule has 1 aliphatic heterocycles. The normalized spacial score (nSPS) is 50.3. The molecular formula is C50H70O6. The molecule has 1 unspecified atom stereocenters. The molecule has 306 valence electrons. The first-order chi connectivity index (χ1) is 26.0. The van der Waals surface area contributed by atoms with E-state index in [1.807, 2.05) is 6.92 Å². The summed E-state index contributed by atoms with van der Waals surface area (Å²) in [5.41, 5.74) is 3.91. The van der Waals surface area contributed by atoms with Crippen LogP contribution in [0.1, 0.15) is 166 Å². The van der Waals surface area contributed by atoms with E-state index in [1.165, 1.54) is 16.7 Å². The minimum absolute atomic E-state index is 0.0269. The van der Waals surface area contributed by atoms with Gasteiger partial charge in [-0.25, -0.2) is 0 Å². The summed E-state index contributed by atoms with van der Waals surface area (Å²) in [6.45, 7) is 27.2. The van der Waals surface area contributed by atoms with E-state index in [0.717, 1.165) is 77.0 Å². The first-order valence-corrected chi connectivity index (χ1v) is 22.6. The van der Waals surface area contributed by atoms with Gasteiger partial charge in [0.1, 0.15) is 17.7 Å². The number of esters is 1. The maximum absolute atomic E-state index is 15.6. The molecule has 0 radical (unpaired) electrons. The third-order valence-electron chi connectivity index (χ3n) is 21.3. The highest BCUT2D eigenvalue weighted by molar-refractivity contribution is 5.94. The molecule has 8 fully saturated rings. The average molecular weight is 767 g/mol. The number of allylic oxidation sites excluding steroid dienone is 4. The fourth-order valence-electron chi connectivity index (χ4n) is 18.5. The number of Topliss-reactive ketones (excluding diaryl/α,β-unsaturated/α-hetero) is 2. The molecule has 10 rings (SSSR count). The van der Waals surface area contributed by atoms with Gasteiger partial charge in [0.25, 0.3) is 0 Å². The van der Waals surface area contributed by atoms with E-state index in [-0.39, 0.29) is 68.6 Å². The molecule has 4 bridgehead atoms. The van der Waals surface area contributed by atoms with Crippen LogP contribution in [0.4, 0.5) is 0 Å². The number of ether oxygens (including phenoxy) is 1. The van der Waals surface area contributed by atoms with Gasteiger partial charge >= 0.3 is 11.9 Å². The van der Waals surface area contributed by atoms with Gasteiger partial charge in [-0.1, -0.05) is 76.8 Å². The van der Waals surface area contributed by atoms with Gasteiger partial charge in [0.2, 0.25) is 0 Å². The molecule has 7 saturated carbocycles. The van der Waals surface area contributed by atoms with E-state index < -0.39 is 28.1 Å². The second kappa shape index (κ2) is 11.6. The number of carboxylic acid groups (broad SMARTS) is 1. The van der Waals surface area contributed by atoms with Crippen molar-refractivity contribution < 1.29 is 29.0 Å². The molecular weight excluding hydrogens is 697 g/mol. The van der Waals surface area contributed by atoms with Crippen LogP contribution in [0.5, 0.6) is 0 Å². The van der Waals surface area contributed by atoms with Crippen molar-refractivity contribution in [3.63, 3.8) is 0 Å². The lowest BCUT2D eigenvalue weighted by atomic mass is 9.29. The van der Waals surface area contributed by atoms with Crippen molar-refractivity contribution in [2.75, 3.05) is 0 Å². The van der Waals surface area contributed by atoms with Gasteiger partial charge in [-0.15, -0.1) is 0 Å². The average Bonchev–Trinajstić information content (AvgIpc) is 3.70. The summed E-state index contributed by atoms with van der Waals surface area (Å²) >= 11 is 0. The number of carboxylic acids is 1. The third kappa shape index (κ3) is 4.12. The molecule has 10 aliphatic rings. The number of rotatable bonds is 5. The molecule has 1 N–H and O–H groups in total. The zero-order chi connectivity index (χ0) is 40.6. The molecule has 6 nitrogen and oxygen atoms in total. The Morgan fingerprint density at radius 2 is 1.55 bits per heavy atom. The highest BCUT2D eigenvalue weighted by atomic mass is 16.6. The van der Waals surface area contributed by atoms with Crippen LogP contribution in [0.3, 0.4) is 0 Å². The molecule has 0 amide bonds. The summed E-state index contributed by atoms with van der Waals surface area (Å²) < 4.78 is 6.60. The Morgan fingerprint density at radius 1 is 0.839 bits per heavy atom. The maximum atomic E-state index is 15.6. The van der Waals surface area contributed by atoms with Gasteiger partial charge in [-0.2, -0.15) is 0 Å². The van der Waals surface area contributed by atoms with Crippen molar-refractivity contribution in [3.05, 3.63) is 34.4 Å². The summed E-state index contributed by atoms with van der Waals surface area (Å²) in [7, 11) is 0. The zero-order valence-electron chi connectivity index (χ0n) is 36.3. The minimum atomic E-state index is -0.939. The van der Waals surface area contributed by atoms with Gasteiger partial charge in [0.15, 0.2) is 0 Å². The van der Waals surface area contributed by atoms with Gasteiger partial charge in [0.05, 0.1) is 10.8 Å². The smallest absolute Gasteiger partial charge is 0.313 e. The van der Waals surface area contributed by atoms with Crippen molar-refractivity contribution in [1.29, 1.82) is 0 Å². The molecule has 9 aliphatic carbocycles. The molecule has 0 aromatic carbocycles. The quantitative estimate of drug-likeness (QED) is 0.221. The Bertz CT molecular complexity index is 1930. The SMILES string of the molecule is C=C1CC[C@@](C)([C@H](C)CC(=O)[C@H]2[C@H]3C[C@@H]4[C@@]5(C)CCC[C@@](C)(C(=O)O)[C@@H]5CC[C@]45C(OC(=O)[C@]25C)C3=C(C)C)[C@@]12CCC1=C2CC[C@H]2C(C)(C)C(=O)CC[C@]12C. The molecule has 6 heteroatoms. The largest absolute Gasteiger partial charge is 0.481 e. The summed E-state index contributed by atoms with van der Waals surface area (Å²) in [5, 5.41) is 10.6. The van der Waals surface area contributed by atoms with Crippen molar-refractivity contribution in [2.24, 2.45) is 78.8 Å². The fraction of sp³-hybridized carbons (Fsp3) is 0.800. The van der Waals surface area contributed by atoms with Gasteiger partial charge in [-0.3, -0.25) is 19.2 Å². The molecule has 0 aromatic heterocycles. The highest BCUT2D eigenvalue weighted by Crippen LogP contribution is 2.81. The lowest BCUT2D eigenvalue weighted by Crippen LogP contribution is -2.72. The Labute approximate surface area is 336 Å². The zero-order valence-corrected chi connectivity index (χ0v) is 36.3. The van der Waals surface area contributed by atoms with Crippen molar-refractivity contribution in [3.8, 4) is 0 Å². The Balaban J connectivity index is 1.08. The van der Waals surface area contributed by atoms with Gasteiger partial charge in [0, 0.05) is 35.0 Å². The summed E-state index contributed by atoms with van der Waals surface area (Å²) in [6, 6.07) is 0. The third-order valence-corrected chi connectivity index (χ3v) is 21.3. The predicted molar refractivity (Wildman–Crippen MR) is 217 cm³/mol. The summed E-state index contributed by atoms with van der Waals surface area (Å²) in [6.07, 6.45) is 12.7. The predicted octanol–water partition coefficient (Wildman–Crippen LogP) is 11.0. The van der Waals surface area contributed by atoms with Crippen molar-refractivity contribution in [1.82, 2.24) is 0 Å². The first-order valence-electron chi connectivity index (χ1n) is 22.6. The summed E-state index contributed by atoms with van der Waals surface area (Å²) in [4.78, 5) is 56.4. The van der Waals surface area contributed by atoms with Crippen molar-refractivity contribution in [2.45, 2.75) is 172 Å². The second-order valence-corrected chi connectivity index (χ2v) is 23.1. The first kappa shape index (κ1) is 39.0. The molecule has 14 atom stereocenters. The fourth-order valence-corrected chi connectivity index (χ4v) is 18.5. The lowest BCUT2D eigenvalue weighted by molar-refractivity contribution is -0.234. The molecule has 0 aromatic rings. The number of carbonyl (C=O) groups is 4. The highest BCUT2D eigenvalue weighted by Gasteiger charge is 2.83. The topological polar surface area (TPSA) is 97.7 Å². The number of hydrogen-bond acceptors (Lipinski definition) is 5. The van der Waals surface area contributed by atoms with Crippen LogP contribution in [-0.4, -0.2) is 34.7 Å². The second-order valence-electron chi connectivity index (χ2n) is 23.1. The molecule has 1 saturated heterocycles. The van der Waals surface area contributed by atoms with Crippen LogP contribution in [0.25, 0.3) is 0 Å². The number of aliphatic carboxylic acids is 1. The van der Waals surface area contributed by atoms with E-state index in [4.69, 9.17) is 11.3 Å². The van der Waals surface area contributed by atoms with Crippen LogP contribution in [0.15, 0.2) is 34.4 Å². The molecule has 2 spiro atoms. The van der Waals surface area contributed by atoms with E-state index in [0.29, 0.717) is 31.0 Å². The Kier molecular flexibility index (Phi) is 8.08. The number of fused-ring (bicyclic) bond motifs is 4. The number of carbonyl (C=O) groups excluding carboxylic acids is 3. The number of hydrogen-bond donors (Lipinski definition) is 1. The van der Waals surface area contributed by atoms with E-state index in [1.54, 1.807) is 11.1 Å².